The van der Waals surface area contributed by atoms with Crippen molar-refractivity contribution in [2.45, 2.75) is 19.9 Å². The van der Waals surface area contributed by atoms with E-state index in [-0.39, 0.29) is 12.3 Å². The van der Waals surface area contributed by atoms with E-state index in [9.17, 15) is 9.59 Å². The van der Waals surface area contributed by atoms with E-state index < -0.39 is 5.97 Å². The molecule has 17 heavy (non-hydrogen) atoms. The second-order valence-electron chi connectivity index (χ2n) is 3.93. The zero-order valence-corrected chi connectivity index (χ0v) is 10.4. The molecule has 4 nitrogen and oxygen atoms in total. The van der Waals surface area contributed by atoms with Crippen LogP contribution in [0.2, 0.25) is 0 Å². The highest BCUT2D eigenvalue weighted by Crippen LogP contribution is 2.10. The van der Waals surface area contributed by atoms with Crippen molar-refractivity contribution >= 4 is 11.9 Å². The molecule has 0 aliphatic heterocycles. The summed E-state index contributed by atoms with van der Waals surface area (Å²) in [5.41, 5.74) is 2.21. The van der Waals surface area contributed by atoms with E-state index >= 15 is 0 Å². The van der Waals surface area contributed by atoms with Crippen molar-refractivity contribution in [1.82, 2.24) is 4.90 Å². The van der Waals surface area contributed by atoms with E-state index in [0.717, 1.165) is 11.1 Å². The van der Waals surface area contributed by atoms with Crippen molar-refractivity contribution < 1.29 is 14.3 Å². The van der Waals surface area contributed by atoms with Gasteiger partial charge >= 0.3 is 5.97 Å². The fourth-order valence-corrected chi connectivity index (χ4v) is 1.46. The minimum atomic E-state index is -0.508. The maximum atomic E-state index is 11.7. The second-order valence-corrected chi connectivity index (χ2v) is 3.93. The molecule has 0 spiro atoms. The lowest BCUT2D eigenvalue weighted by Gasteiger charge is -2.17. The Bertz CT molecular complexity index is 415. The third-order valence-corrected chi connectivity index (χ3v) is 2.62. The van der Waals surface area contributed by atoms with E-state index in [0.29, 0.717) is 6.54 Å². The summed E-state index contributed by atoms with van der Waals surface area (Å²) < 4.78 is 4.46. The molecule has 0 aliphatic rings. The smallest absolute Gasteiger partial charge is 0.315 e. The lowest BCUT2D eigenvalue weighted by molar-refractivity contribution is -0.146. The summed E-state index contributed by atoms with van der Waals surface area (Å²) in [6.45, 7) is 2.50. The van der Waals surface area contributed by atoms with Crippen LogP contribution in [0.1, 0.15) is 17.5 Å². The van der Waals surface area contributed by atoms with E-state index in [1.807, 2.05) is 31.2 Å². The summed E-state index contributed by atoms with van der Waals surface area (Å²) >= 11 is 0. The lowest BCUT2D eigenvalue weighted by atomic mass is 10.1. The molecule has 0 saturated heterocycles. The SMILES string of the molecule is COC(=O)CC(=O)N(C)Cc1ccccc1C. The topological polar surface area (TPSA) is 46.6 Å². The van der Waals surface area contributed by atoms with Gasteiger partial charge in [0.2, 0.25) is 5.91 Å². The average Bonchev–Trinajstić information content (AvgIpc) is 2.31. The Labute approximate surface area is 101 Å². The van der Waals surface area contributed by atoms with Gasteiger partial charge in [0, 0.05) is 13.6 Å². The van der Waals surface area contributed by atoms with Crippen molar-refractivity contribution in [3.05, 3.63) is 35.4 Å². The zero-order chi connectivity index (χ0) is 12.8. The van der Waals surface area contributed by atoms with Gasteiger partial charge in [0.05, 0.1) is 7.11 Å². The first-order chi connectivity index (χ1) is 8.04. The predicted molar refractivity (Wildman–Crippen MR) is 64.3 cm³/mol. The molecular formula is C13H17NO3. The Morgan fingerprint density at radius 1 is 1.29 bits per heavy atom. The van der Waals surface area contributed by atoms with Crippen LogP contribution in [-0.2, 0) is 20.9 Å². The molecule has 0 aromatic heterocycles. The number of hydrogen-bond donors (Lipinski definition) is 0. The number of amides is 1. The van der Waals surface area contributed by atoms with Crippen LogP contribution in [0.4, 0.5) is 0 Å². The summed E-state index contributed by atoms with van der Waals surface area (Å²) in [6, 6.07) is 7.85. The third kappa shape index (κ3) is 3.90. The molecule has 0 N–H and O–H groups in total. The monoisotopic (exact) mass is 235 g/mol. The number of rotatable bonds is 4. The van der Waals surface area contributed by atoms with Crippen molar-refractivity contribution in [2.24, 2.45) is 0 Å². The average molecular weight is 235 g/mol. The van der Waals surface area contributed by atoms with Crippen molar-refractivity contribution in [2.75, 3.05) is 14.2 Å². The fraction of sp³-hybridized carbons (Fsp3) is 0.385. The van der Waals surface area contributed by atoms with Crippen LogP contribution < -0.4 is 0 Å². The van der Waals surface area contributed by atoms with E-state index in [2.05, 4.69) is 4.74 Å². The van der Waals surface area contributed by atoms with Gasteiger partial charge in [-0.2, -0.15) is 0 Å². The number of hydrogen-bond acceptors (Lipinski definition) is 3. The Kier molecular flexibility index (Phi) is 4.69. The van der Waals surface area contributed by atoms with Crippen LogP contribution in [0.5, 0.6) is 0 Å². The molecule has 0 radical (unpaired) electrons. The molecule has 0 aliphatic carbocycles. The number of ether oxygens (including phenoxy) is 1. The van der Waals surface area contributed by atoms with Gasteiger partial charge in [0.1, 0.15) is 6.42 Å². The lowest BCUT2D eigenvalue weighted by Crippen LogP contribution is -2.28. The zero-order valence-electron chi connectivity index (χ0n) is 10.4. The second kappa shape index (κ2) is 6.03. The molecule has 1 aromatic rings. The molecule has 0 saturated carbocycles. The van der Waals surface area contributed by atoms with Gasteiger partial charge < -0.3 is 9.64 Å². The first kappa shape index (κ1) is 13.2. The van der Waals surface area contributed by atoms with E-state index in [4.69, 9.17) is 0 Å². The number of aryl methyl sites for hydroxylation is 1. The van der Waals surface area contributed by atoms with Crippen LogP contribution in [0, 0.1) is 6.92 Å². The largest absolute Gasteiger partial charge is 0.469 e. The first-order valence-corrected chi connectivity index (χ1v) is 5.40. The van der Waals surface area contributed by atoms with Crippen LogP contribution in [-0.4, -0.2) is 30.9 Å². The standard InChI is InChI=1S/C13H17NO3/c1-10-6-4-5-7-11(10)9-14(2)12(15)8-13(16)17-3/h4-7H,8-9H2,1-3H3. The molecule has 0 unspecified atom stereocenters. The molecule has 1 rings (SSSR count). The van der Waals surface area contributed by atoms with E-state index in [1.165, 1.54) is 12.0 Å². The van der Waals surface area contributed by atoms with Gasteiger partial charge in [0.15, 0.2) is 0 Å². The first-order valence-electron chi connectivity index (χ1n) is 5.40. The summed E-state index contributed by atoms with van der Waals surface area (Å²) in [4.78, 5) is 24.2. The highest BCUT2D eigenvalue weighted by atomic mass is 16.5. The van der Waals surface area contributed by atoms with Gasteiger partial charge in [-0.3, -0.25) is 9.59 Å². The van der Waals surface area contributed by atoms with Gasteiger partial charge in [0.25, 0.3) is 0 Å². The quantitative estimate of drug-likeness (QED) is 0.587. The van der Waals surface area contributed by atoms with Crippen LogP contribution in [0.15, 0.2) is 24.3 Å². The van der Waals surface area contributed by atoms with Crippen LogP contribution in [0.3, 0.4) is 0 Å². The summed E-state index contributed by atoms with van der Waals surface area (Å²) in [7, 11) is 2.95. The minimum absolute atomic E-state index is 0.209. The molecule has 0 heterocycles. The summed E-state index contributed by atoms with van der Waals surface area (Å²) in [5, 5.41) is 0. The Balaban J connectivity index is 2.60. The number of carbonyl (C=O) groups excluding carboxylic acids is 2. The molecular weight excluding hydrogens is 218 g/mol. The van der Waals surface area contributed by atoms with Crippen molar-refractivity contribution in [1.29, 1.82) is 0 Å². The Hall–Kier alpha value is -1.84. The molecule has 1 aromatic carbocycles. The Morgan fingerprint density at radius 3 is 2.53 bits per heavy atom. The predicted octanol–water partition coefficient (Wildman–Crippen LogP) is 1.52. The third-order valence-electron chi connectivity index (χ3n) is 2.62. The maximum absolute atomic E-state index is 11.7. The van der Waals surface area contributed by atoms with Gasteiger partial charge in [-0.05, 0) is 18.1 Å². The highest BCUT2D eigenvalue weighted by Gasteiger charge is 2.14. The number of esters is 1. The molecule has 0 bridgehead atoms. The van der Waals surface area contributed by atoms with Crippen molar-refractivity contribution in [3.8, 4) is 0 Å². The van der Waals surface area contributed by atoms with Gasteiger partial charge in [-0.1, -0.05) is 24.3 Å². The van der Waals surface area contributed by atoms with Crippen LogP contribution >= 0.6 is 0 Å². The normalized spacial score (nSPS) is 9.82. The van der Waals surface area contributed by atoms with Gasteiger partial charge in [-0.15, -0.1) is 0 Å². The number of methoxy groups -OCH3 is 1. The highest BCUT2D eigenvalue weighted by molar-refractivity contribution is 5.94. The Morgan fingerprint density at radius 2 is 1.94 bits per heavy atom. The van der Waals surface area contributed by atoms with Crippen LogP contribution in [0.25, 0.3) is 0 Å². The molecule has 4 heteroatoms. The molecule has 0 fully saturated rings. The maximum Gasteiger partial charge on any atom is 0.315 e. The van der Waals surface area contributed by atoms with Crippen molar-refractivity contribution in [3.63, 3.8) is 0 Å². The number of benzene rings is 1. The fourth-order valence-electron chi connectivity index (χ4n) is 1.46. The minimum Gasteiger partial charge on any atom is -0.469 e. The number of carbonyl (C=O) groups is 2. The molecule has 1 amide bonds. The molecule has 0 atom stereocenters. The van der Waals surface area contributed by atoms with Gasteiger partial charge in [-0.25, -0.2) is 0 Å². The number of nitrogens with zero attached hydrogens (tertiary/aromatic N) is 1. The summed E-state index contributed by atoms with van der Waals surface area (Å²) in [6.07, 6.45) is -0.209. The molecule has 92 valence electrons. The summed E-state index contributed by atoms with van der Waals surface area (Å²) in [5.74, 6) is -0.744. The van der Waals surface area contributed by atoms with E-state index in [1.54, 1.807) is 7.05 Å².